The van der Waals surface area contributed by atoms with Gasteiger partial charge >= 0.3 is 0 Å². The van der Waals surface area contributed by atoms with E-state index in [0.717, 1.165) is 22.6 Å². The van der Waals surface area contributed by atoms with E-state index in [4.69, 9.17) is 4.42 Å². The van der Waals surface area contributed by atoms with E-state index in [1.807, 2.05) is 30.3 Å². The molecule has 0 fully saturated rings. The van der Waals surface area contributed by atoms with Crippen molar-refractivity contribution in [1.29, 1.82) is 0 Å². The number of nitrogens with zero attached hydrogens (tertiary/aromatic N) is 5. The van der Waals surface area contributed by atoms with E-state index < -0.39 is 21.1 Å². The van der Waals surface area contributed by atoms with Crippen molar-refractivity contribution >= 4 is 22.2 Å². The summed E-state index contributed by atoms with van der Waals surface area (Å²) in [5.74, 6) is -0.171. The molecule has 0 aliphatic rings. The summed E-state index contributed by atoms with van der Waals surface area (Å²) in [6.07, 6.45) is 1.05. The summed E-state index contributed by atoms with van der Waals surface area (Å²) >= 11 is 0. The summed E-state index contributed by atoms with van der Waals surface area (Å²) in [4.78, 5) is 12.9. The molecule has 1 aromatic carbocycles. The van der Waals surface area contributed by atoms with Crippen molar-refractivity contribution in [2.75, 3.05) is 0 Å². The average Bonchev–Trinajstić information content (AvgIpc) is 3.25. The Balaban J connectivity index is 1.56. The zero-order valence-electron chi connectivity index (χ0n) is 13.0. The van der Waals surface area contributed by atoms with Gasteiger partial charge in [0, 0.05) is 5.56 Å². The average molecular weight is 375 g/mol. The van der Waals surface area contributed by atoms with Crippen LogP contribution in [0.2, 0.25) is 0 Å². The first-order valence-corrected chi connectivity index (χ1v) is 8.53. The van der Waals surface area contributed by atoms with Crippen LogP contribution >= 0.6 is 0 Å². The van der Waals surface area contributed by atoms with Crippen molar-refractivity contribution in [3.63, 3.8) is 0 Å². The molecule has 1 amide bonds. The number of hydrogen-bond acceptors (Lipinski definition) is 9. The summed E-state index contributed by atoms with van der Waals surface area (Å²) in [5, 5.41) is 14.6. The van der Waals surface area contributed by atoms with Crippen LogP contribution in [0.25, 0.3) is 11.4 Å². The first kappa shape index (κ1) is 17.4. The number of hydrazone groups is 1. The Kier molecular flexibility index (Phi) is 4.86. The number of amides is 1. The van der Waals surface area contributed by atoms with Gasteiger partial charge in [0.1, 0.15) is 12.3 Å². The Morgan fingerprint density at radius 3 is 2.73 bits per heavy atom. The maximum atomic E-state index is 11.8. The fourth-order valence-electron chi connectivity index (χ4n) is 1.88. The molecule has 2 heterocycles. The lowest BCUT2D eigenvalue weighted by molar-refractivity contribution is -0.122. The molecule has 0 unspecified atom stereocenters. The molecule has 0 bridgehead atoms. The molecule has 3 aromatic rings. The van der Waals surface area contributed by atoms with Gasteiger partial charge in [0.15, 0.2) is 10.1 Å². The van der Waals surface area contributed by atoms with Crippen LogP contribution in [0.4, 0.5) is 0 Å². The van der Waals surface area contributed by atoms with E-state index >= 15 is 0 Å². The van der Waals surface area contributed by atoms with Gasteiger partial charge in [-0.2, -0.15) is 9.90 Å². The Hall–Kier alpha value is -3.38. The molecule has 134 valence electrons. The van der Waals surface area contributed by atoms with Crippen LogP contribution in [0, 0.1) is 0 Å². The summed E-state index contributed by atoms with van der Waals surface area (Å²) in [7, 11) is -4.68. The lowest BCUT2D eigenvalue weighted by atomic mass is 10.2. The van der Waals surface area contributed by atoms with Crippen LogP contribution in [-0.2, 0) is 21.5 Å². The van der Waals surface area contributed by atoms with Crippen LogP contribution in [0.5, 0.6) is 0 Å². The number of nitrogens with one attached hydrogen (secondary N) is 1. The number of hydrogen-bond donors (Lipinski definition) is 1. The maximum Gasteiger partial charge on any atom is 0.263 e. The molecule has 0 saturated heterocycles. The standard InChI is InChI=1S/C14H12N6O5S/c21-12(16-15-8-11-6-7-13(25-11)26(22,23)24)9-20-18-14(17-19-20)10-4-2-1-3-5-10/h1-8H,9H2,(H,16,21)(H,22,23,24)/p-1. The Morgan fingerprint density at radius 1 is 1.27 bits per heavy atom. The van der Waals surface area contributed by atoms with Gasteiger partial charge in [-0.3, -0.25) is 4.79 Å². The maximum absolute atomic E-state index is 11.8. The minimum Gasteiger partial charge on any atom is -0.742 e. The first-order valence-electron chi connectivity index (χ1n) is 7.13. The Labute approximate surface area is 147 Å². The van der Waals surface area contributed by atoms with Crippen LogP contribution in [0.3, 0.4) is 0 Å². The van der Waals surface area contributed by atoms with Gasteiger partial charge in [-0.25, -0.2) is 13.8 Å². The smallest absolute Gasteiger partial charge is 0.263 e. The lowest BCUT2D eigenvalue weighted by Crippen LogP contribution is -2.24. The first-order chi connectivity index (χ1) is 12.4. The molecule has 0 atom stereocenters. The largest absolute Gasteiger partial charge is 0.742 e. The number of carbonyl (C=O) groups excluding carboxylic acids is 1. The molecule has 12 heteroatoms. The van der Waals surface area contributed by atoms with Gasteiger partial charge in [-0.15, -0.1) is 10.2 Å². The highest BCUT2D eigenvalue weighted by Gasteiger charge is 2.09. The summed E-state index contributed by atoms with van der Waals surface area (Å²) in [6.45, 7) is -0.227. The molecular weight excluding hydrogens is 364 g/mol. The molecular formula is C14H11N6O5S-. The number of rotatable bonds is 6. The van der Waals surface area contributed by atoms with Crippen LogP contribution in [0.15, 0.2) is 57.1 Å². The minimum atomic E-state index is -4.68. The van der Waals surface area contributed by atoms with Gasteiger partial charge in [-0.05, 0) is 17.3 Å². The number of benzene rings is 1. The van der Waals surface area contributed by atoms with E-state index in [1.54, 1.807) is 0 Å². The molecule has 3 rings (SSSR count). The van der Waals surface area contributed by atoms with Gasteiger partial charge in [0.2, 0.25) is 10.9 Å². The summed E-state index contributed by atoms with van der Waals surface area (Å²) in [5.41, 5.74) is 2.95. The van der Waals surface area contributed by atoms with Crippen molar-refractivity contribution < 1.29 is 22.2 Å². The minimum absolute atomic E-state index is 0.00929. The number of tetrazole rings is 1. The van der Waals surface area contributed by atoms with Crippen LogP contribution < -0.4 is 5.43 Å². The molecule has 0 spiro atoms. The van der Waals surface area contributed by atoms with E-state index in [9.17, 15) is 17.8 Å². The van der Waals surface area contributed by atoms with Crippen molar-refractivity contribution in [2.24, 2.45) is 5.10 Å². The van der Waals surface area contributed by atoms with Gasteiger partial charge in [-0.1, -0.05) is 30.3 Å². The molecule has 11 nitrogen and oxygen atoms in total. The monoisotopic (exact) mass is 375 g/mol. The predicted octanol–water partition coefficient (Wildman–Crippen LogP) is -0.0125. The second-order valence-electron chi connectivity index (χ2n) is 4.91. The van der Waals surface area contributed by atoms with Crippen molar-refractivity contribution in [1.82, 2.24) is 25.6 Å². The molecule has 0 aliphatic carbocycles. The second kappa shape index (κ2) is 7.25. The van der Waals surface area contributed by atoms with Crippen molar-refractivity contribution in [3.8, 4) is 11.4 Å². The van der Waals surface area contributed by atoms with Gasteiger partial charge < -0.3 is 8.97 Å². The summed E-state index contributed by atoms with van der Waals surface area (Å²) in [6, 6.07) is 11.4. The van der Waals surface area contributed by atoms with E-state index in [2.05, 4.69) is 25.9 Å². The molecule has 26 heavy (non-hydrogen) atoms. The van der Waals surface area contributed by atoms with Crippen LogP contribution in [0.1, 0.15) is 5.76 Å². The highest BCUT2D eigenvalue weighted by atomic mass is 32.2. The third-order valence-electron chi connectivity index (χ3n) is 3.00. The fraction of sp³-hybridized carbons (Fsp3) is 0.0714. The van der Waals surface area contributed by atoms with E-state index in [0.29, 0.717) is 5.82 Å². The predicted molar refractivity (Wildman–Crippen MR) is 85.7 cm³/mol. The normalized spacial score (nSPS) is 11.7. The Bertz CT molecular complexity index is 1040. The summed E-state index contributed by atoms with van der Waals surface area (Å²) < 4.78 is 37.0. The third-order valence-corrected chi connectivity index (χ3v) is 3.71. The highest BCUT2D eigenvalue weighted by molar-refractivity contribution is 7.85. The third kappa shape index (κ3) is 4.37. The Morgan fingerprint density at radius 2 is 2.04 bits per heavy atom. The zero-order chi connectivity index (χ0) is 18.6. The number of aromatic nitrogens is 4. The quantitative estimate of drug-likeness (QED) is 0.358. The molecule has 0 aliphatic heterocycles. The molecule has 0 radical (unpaired) electrons. The van der Waals surface area contributed by atoms with E-state index in [1.165, 1.54) is 6.07 Å². The topological polar surface area (TPSA) is 155 Å². The van der Waals surface area contributed by atoms with Gasteiger partial charge in [0.05, 0.1) is 6.21 Å². The van der Waals surface area contributed by atoms with E-state index in [-0.39, 0.29) is 12.3 Å². The lowest BCUT2D eigenvalue weighted by Gasteiger charge is -2.00. The van der Waals surface area contributed by atoms with Crippen molar-refractivity contribution in [3.05, 3.63) is 48.2 Å². The SMILES string of the molecule is O=C(Cn1nnc(-c2ccccc2)n1)NN=Cc1ccc(S(=O)(=O)[O-])o1. The van der Waals surface area contributed by atoms with Crippen LogP contribution in [-0.4, -0.2) is 45.3 Å². The highest BCUT2D eigenvalue weighted by Crippen LogP contribution is 2.12. The molecule has 1 N–H and O–H groups in total. The second-order valence-corrected chi connectivity index (χ2v) is 6.22. The van der Waals surface area contributed by atoms with Gasteiger partial charge in [0.25, 0.3) is 5.91 Å². The molecule has 2 aromatic heterocycles. The zero-order valence-corrected chi connectivity index (χ0v) is 13.8. The number of carbonyl (C=O) groups is 1. The van der Waals surface area contributed by atoms with Crippen molar-refractivity contribution in [2.45, 2.75) is 11.6 Å². The fourth-order valence-corrected chi connectivity index (χ4v) is 2.32. The number of furan rings is 1. The molecule has 0 saturated carbocycles.